The van der Waals surface area contributed by atoms with Crippen LogP contribution in [0.3, 0.4) is 0 Å². The Labute approximate surface area is 89.0 Å². The maximum absolute atomic E-state index is 8.61. The van der Waals surface area contributed by atoms with E-state index >= 15 is 0 Å². The van der Waals surface area contributed by atoms with Gasteiger partial charge < -0.3 is 10.6 Å². The van der Waals surface area contributed by atoms with Crippen LogP contribution in [0.4, 0.5) is 0 Å². The van der Waals surface area contributed by atoms with Gasteiger partial charge in [-0.05, 0) is 0 Å². The van der Waals surface area contributed by atoms with Gasteiger partial charge >= 0.3 is 0 Å². The highest BCUT2D eigenvalue weighted by Gasteiger charge is 2.03. The van der Waals surface area contributed by atoms with Gasteiger partial charge in [-0.25, -0.2) is 0 Å². The van der Waals surface area contributed by atoms with E-state index in [-0.39, 0.29) is 12.1 Å². The lowest BCUT2D eigenvalue weighted by atomic mass is 10.3. The van der Waals surface area contributed by atoms with Crippen LogP contribution in [0.5, 0.6) is 0 Å². The summed E-state index contributed by atoms with van der Waals surface area (Å²) in [4.78, 5) is 0. The second kappa shape index (κ2) is 7.86. The molecule has 0 atom stereocenters. The highest BCUT2D eigenvalue weighted by Crippen LogP contribution is 1.94. The molecule has 0 radical (unpaired) electrons. The first kappa shape index (κ1) is 12.2. The Kier molecular flexibility index (Phi) is 6.86. The SMILES string of the molecule is C#CCNC(NCCS)=C(C#N)C#N. The minimum absolute atomic E-state index is 0.0120. The van der Waals surface area contributed by atoms with Crippen molar-refractivity contribution < 1.29 is 0 Å². The van der Waals surface area contributed by atoms with Gasteiger partial charge in [0.15, 0.2) is 5.57 Å². The molecule has 0 amide bonds. The average molecular weight is 206 g/mol. The van der Waals surface area contributed by atoms with Crippen molar-refractivity contribution >= 4 is 12.6 Å². The summed E-state index contributed by atoms with van der Waals surface area (Å²) in [5.74, 6) is 3.32. The van der Waals surface area contributed by atoms with Crippen molar-refractivity contribution in [3.05, 3.63) is 11.4 Å². The Balaban J connectivity index is 4.56. The van der Waals surface area contributed by atoms with Gasteiger partial charge in [-0.15, -0.1) is 6.42 Å². The Morgan fingerprint density at radius 2 is 1.93 bits per heavy atom. The topological polar surface area (TPSA) is 71.6 Å². The largest absolute Gasteiger partial charge is 0.369 e. The fourth-order valence-corrected chi connectivity index (χ4v) is 0.808. The molecule has 72 valence electrons. The normalized spacial score (nSPS) is 7.57. The van der Waals surface area contributed by atoms with Crippen LogP contribution in [-0.4, -0.2) is 18.8 Å². The van der Waals surface area contributed by atoms with Gasteiger partial charge in [0.1, 0.15) is 18.0 Å². The zero-order chi connectivity index (χ0) is 10.8. The molecule has 0 aliphatic carbocycles. The third kappa shape index (κ3) is 4.30. The van der Waals surface area contributed by atoms with Crippen molar-refractivity contribution in [1.29, 1.82) is 10.5 Å². The lowest BCUT2D eigenvalue weighted by molar-refractivity contribution is 0.744. The maximum Gasteiger partial charge on any atom is 0.169 e. The molecule has 0 saturated carbocycles. The molecule has 0 aromatic carbocycles. The van der Waals surface area contributed by atoms with Crippen LogP contribution in [-0.2, 0) is 0 Å². The lowest BCUT2D eigenvalue weighted by Crippen LogP contribution is -2.29. The van der Waals surface area contributed by atoms with E-state index in [2.05, 4.69) is 29.2 Å². The number of nitrogens with zero attached hydrogens (tertiary/aromatic N) is 2. The summed E-state index contributed by atoms with van der Waals surface area (Å²) in [6.45, 7) is 0.824. The molecule has 0 aliphatic heterocycles. The van der Waals surface area contributed by atoms with E-state index in [1.54, 1.807) is 12.1 Å². The van der Waals surface area contributed by atoms with Crippen molar-refractivity contribution in [1.82, 2.24) is 10.6 Å². The number of hydrogen-bond acceptors (Lipinski definition) is 5. The number of rotatable bonds is 5. The Morgan fingerprint density at radius 3 is 2.36 bits per heavy atom. The summed E-state index contributed by atoms with van der Waals surface area (Å²) in [6.07, 6.45) is 5.04. The molecular formula is C9H10N4S. The standard InChI is InChI=1S/C9H10N4S/c1-2-3-12-9(13-4-5-14)8(6-10)7-11/h1,12-14H,3-5H2. The smallest absolute Gasteiger partial charge is 0.169 e. The fourth-order valence-electron chi connectivity index (χ4n) is 0.696. The molecule has 0 saturated heterocycles. The van der Waals surface area contributed by atoms with Gasteiger partial charge in [0.2, 0.25) is 0 Å². The molecule has 0 aromatic rings. The molecule has 5 heteroatoms. The quantitative estimate of drug-likeness (QED) is 0.336. The third-order valence-corrected chi connectivity index (χ3v) is 1.48. The van der Waals surface area contributed by atoms with Gasteiger partial charge in [0.05, 0.1) is 6.54 Å². The first-order chi connectivity index (χ1) is 6.79. The fraction of sp³-hybridized carbons (Fsp3) is 0.333. The van der Waals surface area contributed by atoms with Crippen LogP contribution in [0.15, 0.2) is 11.4 Å². The minimum Gasteiger partial charge on any atom is -0.369 e. The Hall–Kier alpha value is -1.77. The van der Waals surface area contributed by atoms with Crippen molar-refractivity contribution in [2.75, 3.05) is 18.8 Å². The number of terminal acetylenes is 1. The summed E-state index contributed by atoms with van der Waals surface area (Å²) in [7, 11) is 0. The van der Waals surface area contributed by atoms with E-state index in [4.69, 9.17) is 16.9 Å². The number of allylic oxidation sites excluding steroid dienone is 1. The number of nitriles is 2. The van der Waals surface area contributed by atoms with E-state index in [1.165, 1.54) is 0 Å². The number of nitrogens with one attached hydrogen (secondary N) is 2. The molecule has 0 unspecified atom stereocenters. The van der Waals surface area contributed by atoms with E-state index in [1.807, 2.05) is 0 Å². The van der Waals surface area contributed by atoms with Gasteiger partial charge in [0, 0.05) is 12.3 Å². The van der Waals surface area contributed by atoms with Gasteiger partial charge in [0.25, 0.3) is 0 Å². The highest BCUT2D eigenvalue weighted by atomic mass is 32.1. The van der Waals surface area contributed by atoms with Crippen LogP contribution >= 0.6 is 12.6 Å². The summed E-state index contributed by atoms with van der Waals surface area (Å²) in [5.41, 5.74) is -0.0120. The van der Waals surface area contributed by atoms with Gasteiger partial charge in [-0.3, -0.25) is 0 Å². The van der Waals surface area contributed by atoms with Crippen LogP contribution in [0.2, 0.25) is 0 Å². The summed E-state index contributed by atoms with van der Waals surface area (Å²) >= 11 is 3.99. The molecule has 0 fully saturated rings. The van der Waals surface area contributed by atoms with Gasteiger partial charge in [-0.1, -0.05) is 5.92 Å². The molecule has 0 rings (SSSR count). The van der Waals surface area contributed by atoms with Crippen molar-refractivity contribution in [2.24, 2.45) is 0 Å². The average Bonchev–Trinajstić information content (AvgIpc) is 2.22. The maximum atomic E-state index is 8.61. The summed E-state index contributed by atoms with van der Waals surface area (Å²) in [5, 5.41) is 22.8. The van der Waals surface area contributed by atoms with Crippen LogP contribution in [0.25, 0.3) is 0 Å². The van der Waals surface area contributed by atoms with E-state index in [0.29, 0.717) is 18.1 Å². The number of thiol groups is 1. The predicted octanol–water partition coefficient (Wildman–Crippen LogP) is -0.0126. The lowest BCUT2D eigenvalue weighted by Gasteiger charge is -2.10. The molecule has 0 aromatic heterocycles. The van der Waals surface area contributed by atoms with E-state index < -0.39 is 0 Å². The first-order valence-electron chi connectivity index (χ1n) is 3.86. The summed E-state index contributed by atoms with van der Waals surface area (Å²) in [6, 6.07) is 3.54. The zero-order valence-electron chi connectivity index (χ0n) is 7.54. The van der Waals surface area contributed by atoms with Crippen LogP contribution < -0.4 is 10.6 Å². The zero-order valence-corrected chi connectivity index (χ0v) is 8.43. The molecule has 0 spiro atoms. The van der Waals surface area contributed by atoms with Crippen LogP contribution in [0.1, 0.15) is 0 Å². The molecule has 2 N–H and O–H groups in total. The first-order valence-corrected chi connectivity index (χ1v) is 4.50. The number of hydrogen-bond donors (Lipinski definition) is 3. The van der Waals surface area contributed by atoms with Gasteiger partial charge in [-0.2, -0.15) is 23.2 Å². The van der Waals surface area contributed by atoms with Crippen molar-refractivity contribution in [3.8, 4) is 24.5 Å². The van der Waals surface area contributed by atoms with Crippen LogP contribution in [0, 0.1) is 35.0 Å². The summed E-state index contributed by atoms with van der Waals surface area (Å²) < 4.78 is 0. The third-order valence-electron chi connectivity index (χ3n) is 1.25. The van der Waals surface area contributed by atoms with Crippen molar-refractivity contribution in [2.45, 2.75) is 0 Å². The molecule has 0 heterocycles. The second-order valence-electron chi connectivity index (χ2n) is 2.18. The van der Waals surface area contributed by atoms with E-state index in [0.717, 1.165) is 0 Å². The molecular weight excluding hydrogens is 196 g/mol. The molecule has 14 heavy (non-hydrogen) atoms. The van der Waals surface area contributed by atoms with Crippen molar-refractivity contribution in [3.63, 3.8) is 0 Å². The Morgan fingerprint density at radius 1 is 1.29 bits per heavy atom. The van der Waals surface area contributed by atoms with E-state index in [9.17, 15) is 0 Å². The highest BCUT2D eigenvalue weighted by molar-refractivity contribution is 7.80. The monoisotopic (exact) mass is 206 g/mol. The Bertz CT molecular complexity index is 310. The minimum atomic E-state index is -0.0120. The second-order valence-corrected chi connectivity index (χ2v) is 2.63. The predicted molar refractivity (Wildman–Crippen MR) is 56.9 cm³/mol. The molecule has 0 aliphatic rings. The molecule has 0 bridgehead atoms. The molecule has 4 nitrogen and oxygen atoms in total.